The van der Waals surface area contributed by atoms with Crippen molar-refractivity contribution >= 4 is 23.6 Å². The molecule has 1 aromatic rings. The first-order chi connectivity index (χ1) is 10.9. The van der Waals surface area contributed by atoms with Crippen LogP contribution in [-0.4, -0.2) is 42.1 Å². The maximum Gasteiger partial charge on any atom is 0.326 e. The van der Waals surface area contributed by atoms with Crippen LogP contribution in [0, 0.1) is 5.92 Å². The average molecular weight is 319 g/mol. The Morgan fingerprint density at radius 2 is 2.00 bits per heavy atom. The highest BCUT2D eigenvalue weighted by Crippen LogP contribution is 2.17. The van der Waals surface area contributed by atoms with E-state index in [0.717, 1.165) is 0 Å². The lowest BCUT2D eigenvalue weighted by Gasteiger charge is -2.20. The zero-order valence-electron chi connectivity index (χ0n) is 13.2. The SMILES string of the molecule is CCC(C)C(NC(=O)c1ccc(N2CCNC2=O)cc1)C(=O)O. The van der Waals surface area contributed by atoms with Crippen LogP contribution in [-0.2, 0) is 4.79 Å². The molecule has 2 atom stereocenters. The van der Waals surface area contributed by atoms with E-state index in [4.69, 9.17) is 0 Å². The van der Waals surface area contributed by atoms with Crippen molar-refractivity contribution in [2.24, 2.45) is 5.92 Å². The molecule has 124 valence electrons. The Morgan fingerprint density at radius 1 is 1.35 bits per heavy atom. The summed E-state index contributed by atoms with van der Waals surface area (Å²) >= 11 is 0. The Kier molecular flexibility index (Phi) is 5.20. The van der Waals surface area contributed by atoms with Gasteiger partial charge < -0.3 is 15.7 Å². The van der Waals surface area contributed by atoms with E-state index in [0.29, 0.717) is 30.8 Å². The van der Waals surface area contributed by atoms with Gasteiger partial charge in [-0.3, -0.25) is 9.69 Å². The maximum atomic E-state index is 12.2. The van der Waals surface area contributed by atoms with Crippen LogP contribution in [0.5, 0.6) is 0 Å². The number of carboxylic acid groups (broad SMARTS) is 1. The van der Waals surface area contributed by atoms with Gasteiger partial charge in [-0.15, -0.1) is 0 Å². The Morgan fingerprint density at radius 3 is 2.48 bits per heavy atom. The predicted molar refractivity (Wildman–Crippen MR) is 85.5 cm³/mol. The molecule has 1 aliphatic heterocycles. The van der Waals surface area contributed by atoms with Gasteiger partial charge in [-0.1, -0.05) is 20.3 Å². The number of nitrogens with zero attached hydrogens (tertiary/aromatic N) is 1. The molecular formula is C16H21N3O4. The summed E-state index contributed by atoms with van der Waals surface area (Å²) in [5, 5.41) is 14.5. The van der Waals surface area contributed by atoms with E-state index in [9.17, 15) is 19.5 Å². The van der Waals surface area contributed by atoms with Crippen LogP contribution < -0.4 is 15.5 Å². The normalized spacial score (nSPS) is 16.6. The lowest BCUT2D eigenvalue weighted by Crippen LogP contribution is -2.45. The molecule has 0 aliphatic carbocycles. The topological polar surface area (TPSA) is 98.7 Å². The first-order valence-corrected chi connectivity index (χ1v) is 7.63. The van der Waals surface area contributed by atoms with Gasteiger partial charge in [0.1, 0.15) is 6.04 Å². The Balaban J connectivity index is 2.07. The fourth-order valence-corrected chi connectivity index (χ4v) is 2.42. The number of benzene rings is 1. The van der Waals surface area contributed by atoms with E-state index in [1.807, 2.05) is 6.92 Å². The second-order valence-electron chi connectivity index (χ2n) is 5.61. The summed E-state index contributed by atoms with van der Waals surface area (Å²) in [5.41, 5.74) is 1.07. The number of carbonyl (C=O) groups excluding carboxylic acids is 2. The van der Waals surface area contributed by atoms with Crippen molar-refractivity contribution in [3.05, 3.63) is 29.8 Å². The summed E-state index contributed by atoms with van der Waals surface area (Å²) in [6.45, 7) is 4.84. The largest absolute Gasteiger partial charge is 0.480 e. The van der Waals surface area contributed by atoms with Crippen LogP contribution in [0.25, 0.3) is 0 Å². The van der Waals surface area contributed by atoms with Gasteiger partial charge in [-0.05, 0) is 30.2 Å². The van der Waals surface area contributed by atoms with Crippen molar-refractivity contribution in [2.75, 3.05) is 18.0 Å². The number of anilines is 1. The van der Waals surface area contributed by atoms with Crippen LogP contribution in [0.1, 0.15) is 30.6 Å². The highest BCUT2D eigenvalue weighted by molar-refractivity contribution is 5.98. The van der Waals surface area contributed by atoms with Gasteiger partial charge in [0.25, 0.3) is 5.91 Å². The van der Waals surface area contributed by atoms with Crippen LogP contribution in [0.2, 0.25) is 0 Å². The van der Waals surface area contributed by atoms with Crippen molar-refractivity contribution in [2.45, 2.75) is 26.3 Å². The average Bonchev–Trinajstić information content (AvgIpc) is 2.97. The Labute approximate surface area is 134 Å². The fraction of sp³-hybridized carbons (Fsp3) is 0.438. The molecule has 0 saturated carbocycles. The minimum absolute atomic E-state index is 0.162. The van der Waals surface area contributed by atoms with Gasteiger partial charge in [0.05, 0.1) is 0 Å². The zero-order chi connectivity index (χ0) is 17.0. The summed E-state index contributed by atoms with van der Waals surface area (Å²) in [4.78, 5) is 36.7. The molecule has 1 heterocycles. The molecule has 0 spiro atoms. The third-order valence-corrected chi connectivity index (χ3v) is 4.06. The number of aliphatic carboxylic acids is 1. The molecule has 23 heavy (non-hydrogen) atoms. The lowest BCUT2D eigenvalue weighted by atomic mass is 9.99. The van der Waals surface area contributed by atoms with Crippen molar-refractivity contribution in [1.29, 1.82) is 0 Å². The van der Waals surface area contributed by atoms with E-state index >= 15 is 0 Å². The molecule has 1 fully saturated rings. The number of hydrogen-bond acceptors (Lipinski definition) is 3. The van der Waals surface area contributed by atoms with Crippen molar-refractivity contribution in [3.63, 3.8) is 0 Å². The molecule has 7 heteroatoms. The van der Waals surface area contributed by atoms with Crippen molar-refractivity contribution in [1.82, 2.24) is 10.6 Å². The Bertz CT molecular complexity index is 600. The van der Waals surface area contributed by atoms with Crippen LogP contribution in [0.3, 0.4) is 0 Å². The summed E-state index contributed by atoms with van der Waals surface area (Å²) in [5.74, 6) is -1.64. The molecule has 0 radical (unpaired) electrons. The third kappa shape index (κ3) is 3.80. The zero-order valence-corrected chi connectivity index (χ0v) is 13.2. The molecule has 0 aromatic heterocycles. The smallest absolute Gasteiger partial charge is 0.326 e. The first-order valence-electron chi connectivity index (χ1n) is 7.63. The molecule has 2 unspecified atom stereocenters. The number of amides is 3. The number of urea groups is 1. The predicted octanol–water partition coefficient (Wildman–Crippen LogP) is 1.45. The first kappa shape index (κ1) is 16.8. The quantitative estimate of drug-likeness (QED) is 0.739. The van der Waals surface area contributed by atoms with Gasteiger partial charge in [-0.2, -0.15) is 0 Å². The van der Waals surface area contributed by atoms with Gasteiger partial charge in [-0.25, -0.2) is 9.59 Å². The van der Waals surface area contributed by atoms with E-state index in [1.165, 1.54) is 0 Å². The maximum absolute atomic E-state index is 12.2. The molecule has 7 nitrogen and oxygen atoms in total. The summed E-state index contributed by atoms with van der Waals surface area (Å²) in [6.07, 6.45) is 0.653. The van der Waals surface area contributed by atoms with E-state index < -0.39 is 17.9 Å². The molecule has 3 N–H and O–H groups in total. The van der Waals surface area contributed by atoms with Crippen LogP contribution in [0.15, 0.2) is 24.3 Å². The summed E-state index contributed by atoms with van der Waals surface area (Å²) in [7, 11) is 0. The number of hydrogen-bond donors (Lipinski definition) is 3. The number of carbonyl (C=O) groups is 3. The molecule has 3 amide bonds. The van der Waals surface area contributed by atoms with Crippen molar-refractivity contribution < 1.29 is 19.5 Å². The second-order valence-corrected chi connectivity index (χ2v) is 5.61. The molecule has 1 saturated heterocycles. The van der Waals surface area contributed by atoms with Crippen LogP contribution >= 0.6 is 0 Å². The molecule has 0 bridgehead atoms. The number of nitrogens with one attached hydrogen (secondary N) is 2. The Hall–Kier alpha value is -2.57. The monoisotopic (exact) mass is 319 g/mol. The molecule has 1 aliphatic rings. The third-order valence-electron chi connectivity index (χ3n) is 4.06. The fourth-order valence-electron chi connectivity index (χ4n) is 2.42. The van der Waals surface area contributed by atoms with E-state index in [-0.39, 0.29) is 11.9 Å². The highest BCUT2D eigenvalue weighted by atomic mass is 16.4. The minimum atomic E-state index is -1.04. The van der Waals surface area contributed by atoms with Gasteiger partial charge >= 0.3 is 12.0 Å². The summed E-state index contributed by atoms with van der Waals surface area (Å²) < 4.78 is 0. The van der Waals surface area contributed by atoms with Crippen LogP contribution in [0.4, 0.5) is 10.5 Å². The standard InChI is InChI=1S/C16H21N3O4/c1-3-10(2)13(15(21)22)18-14(20)11-4-6-12(7-5-11)19-9-8-17-16(19)23/h4-7,10,13H,3,8-9H2,1-2H3,(H,17,23)(H,18,20)(H,21,22). The molecular weight excluding hydrogens is 298 g/mol. The molecule has 2 rings (SSSR count). The van der Waals surface area contributed by atoms with E-state index in [1.54, 1.807) is 36.1 Å². The summed E-state index contributed by atoms with van der Waals surface area (Å²) in [6, 6.07) is 5.45. The molecule has 1 aromatic carbocycles. The van der Waals surface area contributed by atoms with Crippen molar-refractivity contribution in [3.8, 4) is 0 Å². The minimum Gasteiger partial charge on any atom is -0.480 e. The van der Waals surface area contributed by atoms with Gasteiger partial charge in [0, 0.05) is 24.3 Å². The highest BCUT2D eigenvalue weighted by Gasteiger charge is 2.26. The van der Waals surface area contributed by atoms with Gasteiger partial charge in [0.15, 0.2) is 0 Å². The number of carboxylic acids is 1. The number of rotatable bonds is 6. The lowest BCUT2D eigenvalue weighted by molar-refractivity contribution is -0.140. The second kappa shape index (κ2) is 7.13. The van der Waals surface area contributed by atoms with E-state index in [2.05, 4.69) is 10.6 Å². The van der Waals surface area contributed by atoms with Gasteiger partial charge in [0.2, 0.25) is 0 Å².